The molecule has 0 unspecified atom stereocenters. The van der Waals surface area contributed by atoms with Crippen molar-refractivity contribution in [3.63, 3.8) is 0 Å². The van der Waals surface area contributed by atoms with Crippen LogP contribution in [0.5, 0.6) is 0 Å². The van der Waals surface area contributed by atoms with Crippen molar-refractivity contribution in [3.05, 3.63) is 30.3 Å². The highest BCUT2D eigenvalue weighted by Gasteiger charge is 2.47. The van der Waals surface area contributed by atoms with Crippen molar-refractivity contribution < 1.29 is 14.3 Å². The van der Waals surface area contributed by atoms with Crippen LogP contribution in [0.15, 0.2) is 30.3 Å². The summed E-state index contributed by atoms with van der Waals surface area (Å²) in [6.07, 6.45) is 2.73. The van der Waals surface area contributed by atoms with Crippen LogP contribution in [0.3, 0.4) is 0 Å². The molecule has 2 bridgehead atoms. The van der Waals surface area contributed by atoms with Crippen molar-refractivity contribution in [1.82, 2.24) is 9.80 Å². The number of carbonyl (C=O) groups is 2. The lowest BCUT2D eigenvalue weighted by Crippen LogP contribution is -2.49. The van der Waals surface area contributed by atoms with Crippen LogP contribution in [-0.4, -0.2) is 60.1 Å². The number of nitrogens with one attached hydrogen (secondary N) is 1. The third kappa shape index (κ3) is 2.98. The van der Waals surface area contributed by atoms with E-state index in [4.69, 9.17) is 4.74 Å². The number of hydrogen-bond acceptors (Lipinski definition) is 3. The maximum absolute atomic E-state index is 12.7. The van der Waals surface area contributed by atoms with Gasteiger partial charge in [-0.05, 0) is 31.4 Å². The van der Waals surface area contributed by atoms with Crippen LogP contribution >= 0.6 is 0 Å². The normalized spacial score (nSPS) is 28.9. The minimum absolute atomic E-state index is 0.0261. The molecule has 3 fully saturated rings. The lowest BCUT2D eigenvalue weighted by molar-refractivity contribution is -0.137. The zero-order valence-electron chi connectivity index (χ0n) is 13.7. The second-order valence-electron chi connectivity index (χ2n) is 6.87. The Morgan fingerprint density at radius 2 is 1.79 bits per heavy atom. The number of fused-ring (bicyclic) bond motifs is 2. The lowest BCUT2D eigenvalue weighted by Gasteiger charge is -2.33. The van der Waals surface area contributed by atoms with Crippen LogP contribution in [0.25, 0.3) is 0 Å². The monoisotopic (exact) mass is 329 g/mol. The second kappa shape index (κ2) is 6.43. The number of likely N-dealkylation sites (tertiary alicyclic amines) is 2. The molecule has 0 saturated carbocycles. The fraction of sp³-hybridized carbons (Fsp3) is 0.556. The Hall–Kier alpha value is -2.08. The quantitative estimate of drug-likeness (QED) is 0.902. The summed E-state index contributed by atoms with van der Waals surface area (Å²) in [6, 6.07) is 9.32. The van der Waals surface area contributed by atoms with Crippen LogP contribution in [0.4, 0.5) is 10.5 Å². The van der Waals surface area contributed by atoms with Gasteiger partial charge in [0.2, 0.25) is 5.91 Å². The maximum atomic E-state index is 12.7. The highest BCUT2D eigenvalue weighted by molar-refractivity contribution is 5.89. The van der Waals surface area contributed by atoms with E-state index in [-0.39, 0.29) is 30.1 Å². The van der Waals surface area contributed by atoms with Crippen LogP contribution in [0.1, 0.15) is 19.3 Å². The van der Waals surface area contributed by atoms with E-state index in [0.29, 0.717) is 13.1 Å². The average molecular weight is 329 g/mol. The number of benzene rings is 1. The van der Waals surface area contributed by atoms with Gasteiger partial charge < -0.3 is 19.9 Å². The molecule has 3 amide bonds. The van der Waals surface area contributed by atoms with Gasteiger partial charge in [0.25, 0.3) is 0 Å². The molecule has 3 heterocycles. The molecule has 128 valence electrons. The summed E-state index contributed by atoms with van der Waals surface area (Å²) < 4.78 is 5.95. The summed E-state index contributed by atoms with van der Waals surface area (Å²) in [5.41, 5.74) is 0.783. The van der Waals surface area contributed by atoms with Gasteiger partial charge in [0.15, 0.2) is 0 Å². The Morgan fingerprint density at radius 3 is 2.54 bits per heavy atom. The zero-order valence-corrected chi connectivity index (χ0v) is 13.7. The van der Waals surface area contributed by atoms with Crippen molar-refractivity contribution in [2.45, 2.75) is 31.5 Å². The van der Waals surface area contributed by atoms with E-state index in [1.54, 1.807) is 4.90 Å². The molecule has 3 aliphatic heterocycles. The van der Waals surface area contributed by atoms with Crippen LogP contribution in [-0.2, 0) is 9.53 Å². The largest absolute Gasteiger partial charge is 0.370 e. The molecule has 0 radical (unpaired) electrons. The minimum atomic E-state index is -0.168. The summed E-state index contributed by atoms with van der Waals surface area (Å²) in [5.74, 6) is 0.118. The van der Waals surface area contributed by atoms with E-state index in [9.17, 15) is 9.59 Å². The van der Waals surface area contributed by atoms with Gasteiger partial charge in [-0.1, -0.05) is 18.2 Å². The van der Waals surface area contributed by atoms with Crippen LogP contribution in [0.2, 0.25) is 0 Å². The number of carbonyl (C=O) groups excluding carboxylic acids is 2. The number of urea groups is 1. The van der Waals surface area contributed by atoms with Crippen molar-refractivity contribution >= 4 is 17.6 Å². The van der Waals surface area contributed by atoms with E-state index < -0.39 is 0 Å². The van der Waals surface area contributed by atoms with Crippen molar-refractivity contribution in [2.24, 2.45) is 5.92 Å². The van der Waals surface area contributed by atoms with Gasteiger partial charge in [-0.25, -0.2) is 4.79 Å². The SMILES string of the molecule is O=C(Nc1ccccc1)N1C[C@@H]2C[C@@H](C(=O)N3CCCC3)[C@H](C1)O2. The number of ether oxygens (including phenoxy) is 1. The third-order valence-electron chi connectivity index (χ3n) is 5.20. The Morgan fingerprint density at radius 1 is 1.04 bits per heavy atom. The molecular formula is C18H23N3O3. The molecule has 4 rings (SSSR count). The maximum Gasteiger partial charge on any atom is 0.322 e. The fourth-order valence-electron chi connectivity index (χ4n) is 3.98. The molecule has 6 nitrogen and oxygen atoms in total. The standard InChI is InChI=1S/C18H23N3O3/c22-17(20-8-4-5-9-20)15-10-14-11-21(12-16(15)24-14)18(23)19-13-6-2-1-3-7-13/h1-3,6-7,14-16H,4-5,8-12H2,(H,19,23)/t14-,15+,16-/m0/s1. The Kier molecular flexibility index (Phi) is 4.14. The molecule has 1 aromatic carbocycles. The molecule has 0 spiro atoms. The number of nitrogens with zero attached hydrogens (tertiary/aromatic N) is 2. The molecule has 24 heavy (non-hydrogen) atoms. The molecular weight excluding hydrogens is 306 g/mol. The predicted octanol–water partition coefficient (Wildman–Crippen LogP) is 1.93. The molecule has 3 atom stereocenters. The second-order valence-corrected chi connectivity index (χ2v) is 6.87. The van der Waals surface area contributed by atoms with Gasteiger partial charge in [0.1, 0.15) is 0 Å². The van der Waals surface area contributed by atoms with Gasteiger partial charge >= 0.3 is 6.03 Å². The van der Waals surface area contributed by atoms with Crippen molar-refractivity contribution in [3.8, 4) is 0 Å². The summed E-state index contributed by atoms with van der Waals surface area (Å²) >= 11 is 0. The van der Waals surface area contributed by atoms with Crippen molar-refractivity contribution in [2.75, 3.05) is 31.5 Å². The lowest BCUT2D eigenvalue weighted by atomic mass is 9.99. The highest BCUT2D eigenvalue weighted by Crippen LogP contribution is 2.34. The van der Waals surface area contributed by atoms with E-state index in [0.717, 1.165) is 38.0 Å². The number of morpholine rings is 1. The fourth-order valence-corrected chi connectivity index (χ4v) is 3.98. The van der Waals surface area contributed by atoms with E-state index in [2.05, 4.69) is 5.32 Å². The van der Waals surface area contributed by atoms with Crippen molar-refractivity contribution in [1.29, 1.82) is 0 Å². The molecule has 6 heteroatoms. The molecule has 1 N–H and O–H groups in total. The summed E-state index contributed by atoms with van der Waals surface area (Å²) in [4.78, 5) is 28.9. The molecule has 3 saturated heterocycles. The van der Waals surface area contributed by atoms with E-state index in [1.807, 2.05) is 35.2 Å². The van der Waals surface area contributed by atoms with Gasteiger partial charge in [-0.2, -0.15) is 0 Å². The number of anilines is 1. The van der Waals surface area contributed by atoms with Gasteiger partial charge in [-0.3, -0.25) is 4.79 Å². The molecule has 0 aromatic heterocycles. The Bertz CT molecular complexity index is 615. The number of rotatable bonds is 2. The zero-order chi connectivity index (χ0) is 16.5. The van der Waals surface area contributed by atoms with Crippen LogP contribution in [0, 0.1) is 5.92 Å². The minimum Gasteiger partial charge on any atom is -0.370 e. The first-order chi connectivity index (χ1) is 11.7. The number of amides is 3. The van der Waals surface area contributed by atoms with E-state index in [1.165, 1.54) is 0 Å². The molecule has 1 aromatic rings. The first-order valence-corrected chi connectivity index (χ1v) is 8.76. The summed E-state index contributed by atoms with van der Waals surface area (Å²) in [7, 11) is 0. The van der Waals surface area contributed by atoms with Gasteiger partial charge in [-0.15, -0.1) is 0 Å². The summed E-state index contributed by atoms with van der Waals surface area (Å²) in [6.45, 7) is 2.77. The Labute approximate surface area is 141 Å². The third-order valence-corrected chi connectivity index (χ3v) is 5.20. The molecule has 0 aliphatic carbocycles. The molecule has 3 aliphatic rings. The Balaban J connectivity index is 1.39. The number of para-hydroxylation sites is 1. The summed E-state index contributed by atoms with van der Waals surface area (Å²) in [5, 5.41) is 2.92. The smallest absolute Gasteiger partial charge is 0.322 e. The number of hydrogen-bond donors (Lipinski definition) is 1. The first-order valence-electron chi connectivity index (χ1n) is 8.76. The topological polar surface area (TPSA) is 61.9 Å². The van der Waals surface area contributed by atoms with E-state index >= 15 is 0 Å². The van der Waals surface area contributed by atoms with Gasteiger partial charge in [0.05, 0.1) is 18.1 Å². The first kappa shape index (κ1) is 15.4. The van der Waals surface area contributed by atoms with Crippen LogP contribution < -0.4 is 5.32 Å². The highest BCUT2D eigenvalue weighted by atomic mass is 16.5. The van der Waals surface area contributed by atoms with Gasteiger partial charge in [0, 0.05) is 31.9 Å². The average Bonchev–Trinajstić information content (AvgIpc) is 3.23. The predicted molar refractivity (Wildman–Crippen MR) is 89.6 cm³/mol.